The van der Waals surface area contributed by atoms with Gasteiger partial charge in [0.25, 0.3) is 0 Å². The van der Waals surface area contributed by atoms with E-state index < -0.39 is 0 Å². The molecule has 1 aromatic carbocycles. The molecule has 1 atom stereocenters. The van der Waals surface area contributed by atoms with Crippen molar-refractivity contribution in [2.24, 2.45) is 5.73 Å². The van der Waals surface area contributed by atoms with Crippen LogP contribution < -0.4 is 5.73 Å². The average Bonchev–Trinajstić information content (AvgIpc) is 2.18. The molecule has 2 N–H and O–H groups in total. The van der Waals surface area contributed by atoms with Gasteiger partial charge in [-0.05, 0) is 31.9 Å². The highest BCUT2D eigenvalue weighted by molar-refractivity contribution is 5.32. The van der Waals surface area contributed by atoms with Crippen LogP contribution in [-0.4, -0.2) is 13.2 Å². The van der Waals surface area contributed by atoms with Crippen LogP contribution in [0.1, 0.15) is 29.7 Å². The molecule has 0 bridgehead atoms. The molecule has 0 spiro atoms. The predicted molar refractivity (Wildman–Crippen MR) is 59.3 cm³/mol. The Labute approximate surface area is 86.1 Å². The summed E-state index contributed by atoms with van der Waals surface area (Å²) >= 11 is 0. The minimum Gasteiger partial charge on any atom is -0.372 e. The van der Waals surface area contributed by atoms with E-state index in [4.69, 9.17) is 10.5 Å². The standard InChI is InChI=1S/C12H19NO/c1-4-14-12(8-13)11-7-9(2)5-6-10(11)3/h5-7,12H,4,8,13H2,1-3H3. The van der Waals surface area contributed by atoms with Crippen LogP contribution in [0.4, 0.5) is 0 Å². The Hall–Kier alpha value is -0.860. The number of benzene rings is 1. The Balaban J connectivity index is 2.96. The first-order chi connectivity index (χ1) is 6.69. The highest BCUT2D eigenvalue weighted by Gasteiger charge is 2.11. The maximum atomic E-state index is 5.68. The zero-order valence-corrected chi connectivity index (χ0v) is 9.21. The largest absolute Gasteiger partial charge is 0.372 e. The summed E-state index contributed by atoms with van der Waals surface area (Å²) in [4.78, 5) is 0. The molecule has 0 aliphatic heterocycles. The van der Waals surface area contributed by atoms with Crippen molar-refractivity contribution in [3.63, 3.8) is 0 Å². The van der Waals surface area contributed by atoms with Crippen LogP contribution >= 0.6 is 0 Å². The van der Waals surface area contributed by atoms with E-state index in [0.717, 1.165) is 0 Å². The molecular weight excluding hydrogens is 174 g/mol. The lowest BCUT2D eigenvalue weighted by Crippen LogP contribution is -2.16. The molecule has 0 saturated carbocycles. The van der Waals surface area contributed by atoms with E-state index in [2.05, 4.69) is 32.0 Å². The number of hydrogen-bond donors (Lipinski definition) is 1. The first kappa shape index (κ1) is 11.2. The van der Waals surface area contributed by atoms with Gasteiger partial charge >= 0.3 is 0 Å². The second kappa shape index (κ2) is 5.13. The molecule has 0 aromatic heterocycles. The lowest BCUT2D eigenvalue weighted by atomic mass is 10.0. The fourth-order valence-electron chi connectivity index (χ4n) is 1.59. The van der Waals surface area contributed by atoms with Crippen LogP contribution in [0.15, 0.2) is 18.2 Å². The molecule has 0 saturated heterocycles. The van der Waals surface area contributed by atoms with E-state index in [-0.39, 0.29) is 6.10 Å². The molecule has 0 aliphatic carbocycles. The monoisotopic (exact) mass is 193 g/mol. The molecule has 14 heavy (non-hydrogen) atoms. The fraction of sp³-hybridized carbons (Fsp3) is 0.500. The molecule has 1 rings (SSSR count). The van der Waals surface area contributed by atoms with Crippen molar-refractivity contribution < 1.29 is 4.74 Å². The van der Waals surface area contributed by atoms with Crippen molar-refractivity contribution in [2.75, 3.05) is 13.2 Å². The molecule has 2 heteroatoms. The first-order valence-electron chi connectivity index (χ1n) is 5.07. The number of rotatable bonds is 4. The van der Waals surface area contributed by atoms with Crippen LogP contribution in [0, 0.1) is 13.8 Å². The third-order valence-electron chi connectivity index (χ3n) is 2.36. The maximum absolute atomic E-state index is 5.68. The average molecular weight is 193 g/mol. The third kappa shape index (κ3) is 2.56. The Morgan fingerprint density at radius 3 is 2.64 bits per heavy atom. The SMILES string of the molecule is CCOC(CN)c1cc(C)ccc1C. The van der Waals surface area contributed by atoms with Crippen LogP contribution in [0.3, 0.4) is 0 Å². The van der Waals surface area contributed by atoms with Crippen molar-refractivity contribution in [3.8, 4) is 0 Å². The number of hydrogen-bond acceptors (Lipinski definition) is 2. The molecule has 78 valence electrons. The van der Waals surface area contributed by atoms with Crippen LogP contribution in [0.25, 0.3) is 0 Å². The second-order valence-electron chi connectivity index (χ2n) is 3.54. The quantitative estimate of drug-likeness (QED) is 0.796. The molecule has 2 nitrogen and oxygen atoms in total. The summed E-state index contributed by atoms with van der Waals surface area (Å²) in [6.45, 7) is 7.42. The smallest absolute Gasteiger partial charge is 0.0949 e. The van der Waals surface area contributed by atoms with Crippen molar-refractivity contribution in [2.45, 2.75) is 26.9 Å². The van der Waals surface area contributed by atoms with E-state index in [1.165, 1.54) is 16.7 Å². The molecule has 0 aliphatic rings. The van der Waals surface area contributed by atoms with Gasteiger partial charge in [0.2, 0.25) is 0 Å². The molecular formula is C12H19NO. The minimum absolute atomic E-state index is 0.0416. The summed E-state index contributed by atoms with van der Waals surface area (Å²) in [5, 5.41) is 0. The Kier molecular flexibility index (Phi) is 4.11. The summed E-state index contributed by atoms with van der Waals surface area (Å²) in [6.07, 6.45) is 0.0416. The predicted octanol–water partition coefficient (Wildman–Crippen LogP) is 2.34. The number of aryl methyl sites for hydroxylation is 2. The van der Waals surface area contributed by atoms with Crippen molar-refractivity contribution in [1.29, 1.82) is 0 Å². The third-order valence-corrected chi connectivity index (χ3v) is 2.36. The summed E-state index contributed by atoms with van der Waals surface area (Å²) in [5.74, 6) is 0. The molecule has 0 fully saturated rings. The van der Waals surface area contributed by atoms with Crippen molar-refractivity contribution >= 4 is 0 Å². The van der Waals surface area contributed by atoms with Gasteiger partial charge in [-0.15, -0.1) is 0 Å². The summed E-state index contributed by atoms with van der Waals surface area (Å²) in [5.41, 5.74) is 9.40. The first-order valence-corrected chi connectivity index (χ1v) is 5.07. The van der Waals surface area contributed by atoms with Crippen molar-refractivity contribution in [1.82, 2.24) is 0 Å². The van der Waals surface area contributed by atoms with Gasteiger partial charge in [0, 0.05) is 13.2 Å². The molecule has 0 heterocycles. The molecule has 0 radical (unpaired) electrons. The zero-order valence-electron chi connectivity index (χ0n) is 9.21. The highest BCUT2D eigenvalue weighted by Crippen LogP contribution is 2.21. The second-order valence-corrected chi connectivity index (χ2v) is 3.54. The zero-order chi connectivity index (χ0) is 10.6. The molecule has 1 aromatic rings. The summed E-state index contributed by atoms with van der Waals surface area (Å²) in [6, 6.07) is 6.38. The van der Waals surface area contributed by atoms with E-state index in [1.807, 2.05) is 6.92 Å². The molecule has 1 unspecified atom stereocenters. The number of nitrogens with two attached hydrogens (primary N) is 1. The van der Waals surface area contributed by atoms with E-state index in [0.29, 0.717) is 13.2 Å². The minimum atomic E-state index is 0.0416. The van der Waals surface area contributed by atoms with E-state index in [1.54, 1.807) is 0 Å². The summed E-state index contributed by atoms with van der Waals surface area (Å²) in [7, 11) is 0. The lowest BCUT2D eigenvalue weighted by Gasteiger charge is -2.18. The normalized spacial score (nSPS) is 12.9. The maximum Gasteiger partial charge on any atom is 0.0949 e. The highest BCUT2D eigenvalue weighted by atomic mass is 16.5. The Morgan fingerprint density at radius 2 is 2.07 bits per heavy atom. The van der Waals surface area contributed by atoms with Gasteiger partial charge in [-0.1, -0.05) is 23.8 Å². The number of ether oxygens (including phenoxy) is 1. The van der Waals surface area contributed by atoms with Crippen LogP contribution in [0.2, 0.25) is 0 Å². The van der Waals surface area contributed by atoms with Crippen LogP contribution in [0.5, 0.6) is 0 Å². The van der Waals surface area contributed by atoms with Gasteiger partial charge in [-0.2, -0.15) is 0 Å². The van der Waals surface area contributed by atoms with Crippen LogP contribution in [-0.2, 0) is 4.74 Å². The lowest BCUT2D eigenvalue weighted by molar-refractivity contribution is 0.0684. The van der Waals surface area contributed by atoms with Gasteiger partial charge in [-0.25, -0.2) is 0 Å². The Bertz CT molecular complexity index is 296. The topological polar surface area (TPSA) is 35.2 Å². The van der Waals surface area contributed by atoms with Crippen molar-refractivity contribution in [3.05, 3.63) is 34.9 Å². The van der Waals surface area contributed by atoms with Gasteiger partial charge in [0.15, 0.2) is 0 Å². The van der Waals surface area contributed by atoms with Gasteiger partial charge in [0.05, 0.1) is 6.10 Å². The van der Waals surface area contributed by atoms with E-state index >= 15 is 0 Å². The van der Waals surface area contributed by atoms with E-state index in [9.17, 15) is 0 Å². The fourth-order valence-corrected chi connectivity index (χ4v) is 1.59. The molecule has 0 amide bonds. The van der Waals surface area contributed by atoms with Gasteiger partial charge in [-0.3, -0.25) is 0 Å². The van der Waals surface area contributed by atoms with Gasteiger partial charge in [0.1, 0.15) is 0 Å². The van der Waals surface area contributed by atoms with Gasteiger partial charge < -0.3 is 10.5 Å². The summed E-state index contributed by atoms with van der Waals surface area (Å²) < 4.78 is 5.59. The Morgan fingerprint density at radius 1 is 1.36 bits per heavy atom.